The minimum atomic E-state index is -1.12. The van der Waals surface area contributed by atoms with Crippen molar-refractivity contribution in [2.24, 2.45) is 11.8 Å². The number of allylic oxidation sites excluding steroid dienone is 1. The van der Waals surface area contributed by atoms with Gasteiger partial charge in [-0.25, -0.2) is 0 Å². The van der Waals surface area contributed by atoms with Crippen molar-refractivity contribution in [1.29, 1.82) is 0 Å². The Kier molecular flexibility index (Phi) is 7.10. The molecule has 0 saturated carbocycles. The number of β-amino-alcohol motifs (C(OH)–C–C–N with tert-alkyl or cyclic N) is 1. The Morgan fingerprint density at radius 2 is 2.00 bits per heavy atom. The first kappa shape index (κ1) is 25.4. The normalized spacial score (nSPS) is 32.6. The number of hydrogen-bond donors (Lipinski definition) is 1. The van der Waals surface area contributed by atoms with Gasteiger partial charge in [-0.15, -0.1) is 13.2 Å². The van der Waals surface area contributed by atoms with E-state index in [9.17, 15) is 19.5 Å². The van der Waals surface area contributed by atoms with Crippen LogP contribution in [0.25, 0.3) is 0 Å². The fraction of sp³-hybridized carbons (Fsp3) is 0.720. The molecule has 3 aliphatic rings. The summed E-state index contributed by atoms with van der Waals surface area (Å²) in [6, 6.07) is -0.915. The van der Waals surface area contributed by atoms with Crippen molar-refractivity contribution in [3.05, 3.63) is 25.3 Å². The molecule has 2 bridgehead atoms. The van der Waals surface area contributed by atoms with Crippen molar-refractivity contribution in [2.75, 3.05) is 26.3 Å². The lowest BCUT2D eigenvalue weighted by Crippen LogP contribution is -2.60. The zero-order valence-corrected chi connectivity index (χ0v) is 20.3. The van der Waals surface area contributed by atoms with E-state index in [4.69, 9.17) is 9.47 Å². The van der Waals surface area contributed by atoms with Crippen molar-refractivity contribution in [3.8, 4) is 0 Å². The highest BCUT2D eigenvalue weighted by atomic mass is 16.6. The number of esters is 1. The molecule has 1 spiro atoms. The van der Waals surface area contributed by atoms with Crippen molar-refractivity contribution >= 4 is 17.8 Å². The summed E-state index contributed by atoms with van der Waals surface area (Å²) in [4.78, 5) is 43.9. The van der Waals surface area contributed by atoms with E-state index in [0.717, 1.165) is 6.42 Å². The molecule has 3 heterocycles. The summed E-state index contributed by atoms with van der Waals surface area (Å²) in [5.41, 5.74) is -2.50. The number of unbranched alkanes of at least 4 members (excludes halogenated alkanes) is 1. The van der Waals surface area contributed by atoms with Crippen molar-refractivity contribution in [1.82, 2.24) is 9.80 Å². The molecule has 0 aromatic rings. The van der Waals surface area contributed by atoms with Crippen LogP contribution in [-0.2, 0) is 23.9 Å². The van der Waals surface area contributed by atoms with E-state index >= 15 is 0 Å². The average molecular weight is 463 g/mol. The van der Waals surface area contributed by atoms with E-state index in [-0.39, 0.29) is 31.6 Å². The Balaban J connectivity index is 1.99. The van der Waals surface area contributed by atoms with E-state index in [2.05, 4.69) is 13.2 Å². The molecule has 3 saturated heterocycles. The molecule has 3 fully saturated rings. The van der Waals surface area contributed by atoms with Crippen LogP contribution in [-0.4, -0.2) is 81.8 Å². The van der Waals surface area contributed by atoms with Gasteiger partial charge in [-0.05, 0) is 53.4 Å². The van der Waals surface area contributed by atoms with Gasteiger partial charge >= 0.3 is 5.97 Å². The number of carbonyl (C=O) groups excluding carboxylic acids is 3. The third kappa shape index (κ3) is 4.12. The molecular formula is C25H38N2O6. The van der Waals surface area contributed by atoms with E-state index in [1.807, 2.05) is 27.7 Å². The molecule has 3 rings (SSSR count). The Morgan fingerprint density at radius 3 is 2.58 bits per heavy atom. The highest BCUT2D eigenvalue weighted by Gasteiger charge is 2.78. The molecule has 5 atom stereocenters. The van der Waals surface area contributed by atoms with Crippen LogP contribution in [0.15, 0.2) is 25.3 Å². The van der Waals surface area contributed by atoms with Crippen LogP contribution in [0.4, 0.5) is 0 Å². The number of nitrogens with zero attached hydrogens (tertiary/aromatic N) is 2. The zero-order valence-electron chi connectivity index (χ0n) is 20.3. The van der Waals surface area contributed by atoms with Gasteiger partial charge in [0, 0.05) is 18.6 Å². The molecule has 2 amide bonds. The molecule has 1 N–H and O–H groups in total. The number of aliphatic hydroxyl groups is 1. The third-order valence-corrected chi connectivity index (χ3v) is 7.29. The zero-order chi connectivity index (χ0) is 24.6. The summed E-state index contributed by atoms with van der Waals surface area (Å²) in [5.74, 6) is -2.64. The van der Waals surface area contributed by atoms with Crippen molar-refractivity contribution < 1.29 is 29.0 Å². The van der Waals surface area contributed by atoms with Gasteiger partial charge in [-0.2, -0.15) is 0 Å². The molecule has 8 nitrogen and oxygen atoms in total. The summed E-state index contributed by atoms with van der Waals surface area (Å²) >= 11 is 0. The Bertz CT molecular complexity index is 820. The lowest BCUT2D eigenvalue weighted by molar-refractivity contribution is -0.161. The maximum Gasteiger partial charge on any atom is 0.312 e. The minimum absolute atomic E-state index is 0.000733. The lowest BCUT2D eigenvalue weighted by Gasteiger charge is -2.41. The summed E-state index contributed by atoms with van der Waals surface area (Å²) in [5, 5.41) is 9.69. The largest absolute Gasteiger partial charge is 0.465 e. The van der Waals surface area contributed by atoms with Crippen molar-refractivity contribution in [2.45, 2.75) is 76.2 Å². The number of fused-ring (bicyclic) bond motifs is 1. The van der Waals surface area contributed by atoms with E-state index in [0.29, 0.717) is 25.8 Å². The molecule has 8 heteroatoms. The minimum Gasteiger partial charge on any atom is -0.465 e. The highest BCUT2D eigenvalue weighted by Crippen LogP contribution is 2.63. The molecular weight excluding hydrogens is 424 g/mol. The third-order valence-electron chi connectivity index (χ3n) is 7.29. The Hall–Kier alpha value is -2.19. The fourth-order valence-corrected chi connectivity index (χ4v) is 5.87. The van der Waals surface area contributed by atoms with Gasteiger partial charge in [0.25, 0.3) is 0 Å². The van der Waals surface area contributed by atoms with Crippen LogP contribution < -0.4 is 0 Å². The molecule has 184 valence electrons. The maximum atomic E-state index is 14.0. The van der Waals surface area contributed by atoms with Crippen LogP contribution in [0.5, 0.6) is 0 Å². The number of ether oxygens (including phenoxy) is 2. The monoisotopic (exact) mass is 462 g/mol. The second kappa shape index (κ2) is 9.22. The number of amides is 2. The average Bonchev–Trinajstić information content (AvgIpc) is 3.29. The first-order valence-electron chi connectivity index (χ1n) is 11.8. The molecule has 0 radical (unpaired) electrons. The van der Waals surface area contributed by atoms with Crippen LogP contribution >= 0.6 is 0 Å². The Morgan fingerprint density at radius 1 is 1.30 bits per heavy atom. The van der Waals surface area contributed by atoms with Gasteiger partial charge in [-0.3, -0.25) is 14.4 Å². The van der Waals surface area contributed by atoms with E-state index in [1.165, 1.54) is 4.90 Å². The van der Waals surface area contributed by atoms with Gasteiger partial charge in [-0.1, -0.05) is 12.2 Å². The van der Waals surface area contributed by atoms with E-state index < -0.39 is 40.6 Å². The fourth-order valence-electron chi connectivity index (χ4n) is 5.87. The molecule has 2 unspecified atom stereocenters. The maximum absolute atomic E-state index is 14.0. The molecule has 0 aliphatic carbocycles. The standard InChI is InChI=1S/C25H38N2O6/c1-7-9-10-16-32-22(31)18-17-20(29)26(14-15-28)19(25(17)12-11-24(18,6)33-25)21(30)27(13-8-2)23(3,4)5/h7-8,17-19,28H,1-2,9-16H2,3-6H3/t17-,18-,19?,24+,25?/m0/s1. The van der Waals surface area contributed by atoms with Gasteiger partial charge in [0.1, 0.15) is 17.6 Å². The summed E-state index contributed by atoms with van der Waals surface area (Å²) < 4.78 is 12.1. The number of likely N-dealkylation sites (tertiary alicyclic amines) is 1. The summed E-state index contributed by atoms with van der Waals surface area (Å²) in [6.07, 6.45) is 5.84. The predicted molar refractivity (Wildman–Crippen MR) is 123 cm³/mol. The second-order valence-corrected chi connectivity index (χ2v) is 10.5. The predicted octanol–water partition coefficient (Wildman–Crippen LogP) is 2.07. The summed E-state index contributed by atoms with van der Waals surface area (Å²) in [7, 11) is 0. The Labute approximate surface area is 196 Å². The summed E-state index contributed by atoms with van der Waals surface area (Å²) in [6.45, 7) is 15.3. The molecule has 3 aliphatic heterocycles. The van der Waals surface area contributed by atoms with Crippen LogP contribution in [0.3, 0.4) is 0 Å². The number of carbonyl (C=O) groups is 3. The van der Waals surface area contributed by atoms with Gasteiger partial charge in [0.05, 0.1) is 24.7 Å². The topological polar surface area (TPSA) is 96.4 Å². The lowest BCUT2D eigenvalue weighted by atomic mass is 9.66. The smallest absolute Gasteiger partial charge is 0.312 e. The highest BCUT2D eigenvalue weighted by molar-refractivity contribution is 5.98. The number of aliphatic hydroxyl groups excluding tert-OH is 1. The number of rotatable bonds is 10. The van der Waals surface area contributed by atoms with Gasteiger partial charge in [0.2, 0.25) is 11.8 Å². The quantitative estimate of drug-likeness (QED) is 0.303. The molecule has 33 heavy (non-hydrogen) atoms. The van der Waals surface area contributed by atoms with Crippen LogP contribution in [0, 0.1) is 11.8 Å². The molecule has 0 aromatic heterocycles. The first-order chi connectivity index (χ1) is 15.5. The van der Waals surface area contributed by atoms with Gasteiger partial charge < -0.3 is 24.4 Å². The molecule has 0 aromatic carbocycles. The van der Waals surface area contributed by atoms with Crippen molar-refractivity contribution in [3.63, 3.8) is 0 Å². The SMILES string of the molecule is C=CCCCOC(=O)[C@@H]1[C@H]2C(=O)N(CCO)C(C(=O)N(CC=C)C(C)(C)C)C23CC[C@@]1(C)O3. The first-order valence-corrected chi connectivity index (χ1v) is 11.8. The van der Waals surface area contributed by atoms with E-state index in [1.54, 1.807) is 17.1 Å². The second-order valence-electron chi connectivity index (χ2n) is 10.5. The van der Waals surface area contributed by atoms with Gasteiger partial charge in [0.15, 0.2) is 0 Å². The number of hydrogen-bond acceptors (Lipinski definition) is 6. The van der Waals surface area contributed by atoms with Crippen LogP contribution in [0.2, 0.25) is 0 Å². The van der Waals surface area contributed by atoms with Crippen LogP contribution in [0.1, 0.15) is 53.4 Å².